The minimum absolute atomic E-state index is 0.118. The third-order valence-electron chi connectivity index (χ3n) is 4.40. The number of ketones is 1. The van der Waals surface area contributed by atoms with Crippen molar-refractivity contribution in [3.05, 3.63) is 77.9 Å². The van der Waals surface area contributed by atoms with E-state index in [1.807, 2.05) is 60.7 Å². The zero-order valence-electron chi connectivity index (χ0n) is 15.3. The molecule has 26 heavy (non-hydrogen) atoms. The summed E-state index contributed by atoms with van der Waals surface area (Å²) in [5.41, 5.74) is 2.00. The van der Waals surface area contributed by atoms with E-state index < -0.39 is 0 Å². The first-order valence-electron chi connectivity index (χ1n) is 8.97. The maximum absolute atomic E-state index is 11.5. The Morgan fingerprint density at radius 1 is 1.00 bits per heavy atom. The van der Waals surface area contributed by atoms with E-state index in [2.05, 4.69) is 13.0 Å². The van der Waals surface area contributed by atoms with Crippen LogP contribution in [0.1, 0.15) is 25.3 Å². The summed E-state index contributed by atoms with van der Waals surface area (Å²) in [7, 11) is 0. The van der Waals surface area contributed by atoms with Crippen molar-refractivity contribution in [3.63, 3.8) is 0 Å². The highest BCUT2D eigenvalue weighted by Crippen LogP contribution is 2.25. The minimum Gasteiger partial charge on any atom is -0.493 e. The Balaban J connectivity index is 1.52. The van der Waals surface area contributed by atoms with Crippen LogP contribution < -0.4 is 9.47 Å². The first-order valence-corrected chi connectivity index (χ1v) is 8.97. The molecule has 0 saturated carbocycles. The number of allylic oxidation sites excluding steroid dienone is 3. The molecule has 134 valence electrons. The molecule has 1 aliphatic carbocycles. The number of carbonyl (C=O) groups excluding carboxylic acids is 1. The fraction of sp³-hybridized carbons (Fsp3) is 0.261. The second kappa shape index (κ2) is 8.52. The average Bonchev–Trinajstić information content (AvgIpc) is 2.89. The van der Waals surface area contributed by atoms with Crippen molar-refractivity contribution in [1.82, 2.24) is 0 Å². The first kappa shape index (κ1) is 18.0. The Labute approximate surface area is 155 Å². The third kappa shape index (κ3) is 5.09. The van der Waals surface area contributed by atoms with Gasteiger partial charge in [0, 0.05) is 11.5 Å². The van der Waals surface area contributed by atoms with Crippen LogP contribution in [0, 0.1) is 12.8 Å². The van der Waals surface area contributed by atoms with Crippen molar-refractivity contribution in [2.75, 3.05) is 6.61 Å². The molecule has 3 nitrogen and oxygen atoms in total. The van der Waals surface area contributed by atoms with E-state index in [0.29, 0.717) is 12.5 Å². The van der Waals surface area contributed by atoms with Crippen molar-refractivity contribution < 1.29 is 14.3 Å². The van der Waals surface area contributed by atoms with Crippen LogP contribution in [0.2, 0.25) is 0 Å². The molecule has 1 atom stereocenters. The number of Topliss-reactive ketones (excluding diaryl/α,β-unsaturated/α-hetero) is 1. The smallest absolute Gasteiger partial charge is 0.159 e. The van der Waals surface area contributed by atoms with Crippen LogP contribution in [0.15, 0.2) is 72.3 Å². The largest absolute Gasteiger partial charge is 0.493 e. The van der Waals surface area contributed by atoms with E-state index in [0.717, 1.165) is 35.7 Å². The van der Waals surface area contributed by atoms with Gasteiger partial charge in [-0.2, -0.15) is 0 Å². The average molecular weight is 348 g/mol. The molecule has 0 spiro atoms. The molecule has 0 N–H and O–H groups in total. The second-order valence-electron chi connectivity index (χ2n) is 6.61. The minimum atomic E-state index is 0.118. The van der Waals surface area contributed by atoms with Gasteiger partial charge < -0.3 is 9.47 Å². The zero-order chi connectivity index (χ0) is 18.4. The molecule has 0 radical (unpaired) electrons. The van der Waals surface area contributed by atoms with Crippen molar-refractivity contribution in [1.29, 1.82) is 0 Å². The van der Waals surface area contributed by atoms with E-state index >= 15 is 0 Å². The summed E-state index contributed by atoms with van der Waals surface area (Å²) < 4.78 is 11.7. The Kier molecular flexibility index (Phi) is 5.90. The van der Waals surface area contributed by atoms with E-state index in [1.54, 1.807) is 6.92 Å². The molecule has 0 heterocycles. The van der Waals surface area contributed by atoms with Gasteiger partial charge in [-0.3, -0.25) is 4.79 Å². The van der Waals surface area contributed by atoms with Crippen molar-refractivity contribution in [2.45, 2.75) is 26.7 Å². The number of ether oxygens (including phenoxy) is 2. The molecule has 3 rings (SSSR count). The number of hydrogen-bond donors (Lipinski definition) is 0. The molecule has 0 fully saturated rings. The molecule has 2 aromatic carbocycles. The van der Waals surface area contributed by atoms with Gasteiger partial charge in [0.05, 0.1) is 6.61 Å². The molecule has 0 saturated heterocycles. The SMILES string of the molecule is CC(=O)C1=CCCC(COc2ccc(Oc3ccc(C)cc3)cc2)C=C1. The lowest BCUT2D eigenvalue weighted by Crippen LogP contribution is -2.09. The van der Waals surface area contributed by atoms with Crippen LogP contribution in [0.25, 0.3) is 0 Å². The quantitative estimate of drug-likeness (QED) is 0.677. The Hall–Kier alpha value is -2.81. The predicted molar refractivity (Wildman–Crippen MR) is 104 cm³/mol. The van der Waals surface area contributed by atoms with Crippen LogP contribution in [0.5, 0.6) is 17.2 Å². The van der Waals surface area contributed by atoms with Crippen LogP contribution in [0.3, 0.4) is 0 Å². The molecule has 0 amide bonds. The highest BCUT2D eigenvalue weighted by Gasteiger charge is 2.11. The number of benzene rings is 2. The highest BCUT2D eigenvalue weighted by molar-refractivity contribution is 5.96. The summed E-state index contributed by atoms with van der Waals surface area (Å²) in [6.07, 6.45) is 7.90. The standard InChI is InChI=1S/C23H24O3/c1-17-6-10-22(11-7-17)26-23-14-12-21(13-15-23)25-16-19-4-3-5-20(9-8-19)18(2)24/h5-15,19H,3-4,16H2,1-2H3. The summed E-state index contributed by atoms with van der Waals surface area (Å²) in [5.74, 6) is 2.85. The Morgan fingerprint density at radius 3 is 2.27 bits per heavy atom. The lowest BCUT2D eigenvalue weighted by atomic mass is 10.1. The molecule has 1 unspecified atom stereocenters. The second-order valence-corrected chi connectivity index (χ2v) is 6.61. The number of aryl methyl sites for hydroxylation is 1. The summed E-state index contributed by atoms with van der Waals surface area (Å²) in [6.45, 7) is 4.26. The molecule has 3 heteroatoms. The van der Waals surface area contributed by atoms with Crippen LogP contribution in [0.4, 0.5) is 0 Å². The van der Waals surface area contributed by atoms with Crippen LogP contribution in [-0.4, -0.2) is 12.4 Å². The summed E-state index contributed by atoms with van der Waals surface area (Å²) in [4.78, 5) is 11.5. The fourth-order valence-corrected chi connectivity index (χ4v) is 2.81. The van der Waals surface area contributed by atoms with Gasteiger partial charge in [-0.05, 0) is 63.1 Å². The van der Waals surface area contributed by atoms with Gasteiger partial charge >= 0.3 is 0 Å². The fourth-order valence-electron chi connectivity index (χ4n) is 2.81. The van der Waals surface area contributed by atoms with Gasteiger partial charge in [-0.25, -0.2) is 0 Å². The zero-order valence-corrected chi connectivity index (χ0v) is 15.3. The van der Waals surface area contributed by atoms with Crippen LogP contribution in [-0.2, 0) is 4.79 Å². The number of hydrogen-bond acceptors (Lipinski definition) is 3. The highest BCUT2D eigenvalue weighted by atomic mass is 16.5. The topological polar surface area (TPSA) is 35.5 Å². The predicted octanol–water partition coefficient (Wildman–Crippen LogP) is 5.65. The number of carbonyl (C=O) groups is 1. The number of rotatable bonds is 6. The van der Waals surface area contributed by atoms with Crippen molar-refractivity contribution in [3.8, 4) is 17.2 Å². The van der Waals surface area contributed by atoms with E-state index in [9.17, 15) is 4.79 Å². The van der Waals surface area contributed by atoms with Crippen LogP contribution >= 0.6 is 0 Å². The Bertz CT molecular complexity index is 798. The molecular weight excluding hydrogens is 324 g/mol. The van der Waals surface area contributed by atoms with Gasteiger partial charge in [-0.1, -0.05) is 35.9 Å². The maximum Gasteiger partial charge on any atom is 0.159 e. The molecule has 0 aromatic heterocycles. The first-order chi connectivity index (χ1) is 12.6. The summed E-state index contributed by atoms with van der Waals surface area (Å²) in [5, 5.41) is 0. The van der Waals surface area contributed by atoms with E-state index in [4.69, 9.17) is 9.47 Å². The van der Waals surface area contributed by atoms with Gasteiger partial charge in [-0.15, -0.1) is 0 Å². The lowest BCUT2D eigenvalue weighted by molar-refractivity contribution is -0.113. The summed E-state index contributed by atoms with van der Waals surface area (Å²) in [6, 6.07) is 15.6. The maximum atomic E-state index is 11.5. The Morgan fingerprint density at radius 2 is 1.62 bits per heavy atom. The van der Waals surface area contributed by atoms with Gasteiger partial charge in [0.2, 0.25) is 0 Å². The monoisotopic (exact) mass is 348 g/mol. The molecule has 0 aliphatic heterocycles. The summed E-state index contributed by atoms with van der Waals surface area (Å²) >= 11 is 0. The van der Waals surface area contributed by atoms with E-state index in [1.165, 1.54) is 5.56 Å². The lowest BCUT2D eigenvalue weighted by Gasteiger charge is -2.13. The normalized spacial score (nSPS) is 16.5. The van der Waals surface area contributed by atoms with Crippen molar-refractivity contribution in [2.24, 2.45) is 5.92 Å². The van der Waals surface area contributed by atoms with Gasteiger partial charge in [0.15, 0.2) is 5.78 Å². The van der Waals surface area contributed by atoms with E-state index in [-0.39, 0.29) is 5.78 Å². The van der Waals surface area contributed by atoms with Gasteiger partial charge in [0.25, 0.3) is 0 Å². The van der Waals surface area contributed by atoms with Gasteiger partial charge in [0.1, 0.15) is 17.2 Å². The molecule has 1 aliphatic rings. The van der Waals surface area contributed by atoms with Crippen molar-refractivity contribution >= 4 is 5.78 Å². The third-order valence-corrected chi connectivity index (χ3v) is 4.40. The molecule has 2 aromatic rings. The molecular formula is C23H24O3. The molecule has 0 bridgehead atoms.